The van der Waals surface area contributed by atoms with Crippen molar-refractivity contribution in [1.29, 1.82) is 0 Å². The number of carbonyl (C=O) groups excluding carboxylic acids is 1. The number of aliphatic hydroxyl groups is 1. The fourth-order valence-electron chi connectivity index (χ4n) is 1.40. The molecule has 74 valence electrons. The van der Waals surface area contributed by atoms with Crippen LogP contribution in [0.4, 0.5) is 5.69 Å². The molecule has 1 fully saturated rings. The van der Waals surface area contributed by atoms with Crippen LogP contribution in [-0.4, -0.2) is 22.0 Å². The van der Waals surface area contributed by atoms with Gasteiger partial charge in [0.25, 0.3) is 0 Å². The maximum Gasteiger partial charge on any atom is 0.195 e. The molecule has 3 N–H and O–H groups in total. The third-order valence-corrected chi connectivity index (χ3v) is 2.46. The summed E-state index contributed by atoms with van der Waals surface area (Å²) in [6, 6.07) is 1.56. The molecule has 2 rings (SSSR count). The number of ketones is 1. The van der Waals surface area contributed by atoms with Gasteiger partial charge in [0, 0.05) is 18.1 Å². The van der Waals surface area contributed by atoms with E-state index in [1.165, 1.54) is 12.4 Å². The number of carbonyl (C=O) groups is 1. The molecule has 1 aliphatic carbocycles. The van der Waals surface area contributed by atoms with Gasteiger partial charge in [-0.25, -0.2) is 0 Å². The Morgan fingerprint density at radius 2 is 2.36 bits per heavy atom. The quantitative estimate of drug-likeness (QED) is 0.688. The number of rotatable bonds is 3. The average Bonchev–Trinajstić information content (AvgIpc) is 3.00. The molecule has 0 radical (unpaired) electrons. The van der Waals surface area contributed by atoms with Crippen LogP contribution in [0.15, 0.2) is 18.5 Å². The lowest BCUT2D eigenvalue weighted by Crippen LogP contribution is -2.23. The molecule has 0 aliphatic heterocycles. The standard InChI is InChI=1S/C10H12N2O2/c11-8-3-4-12-5-7(8)10(14)9(13)6-1-2-6/h3-6,9,13H,1-2H2,(H2,11,12). The Kier molecular flexibility index (Phi) is 2.21. The predicted molar refractivity (Wildman–Crippen MR) is 51.7 cm³/mol. The summed E-state index contributed by atoms with van der Waals surface area (Å²) >= 11 is 0. The molecule has 0 aromatic carbocycles. The van der Waals surface area contributed by atoms with E-state index in [4.69, 9.17) is 5.73 Å². The predicted octanol–water partition coefficient (Wildman–Crippen LogP) is 0.617. The molecular formula is C10H12N2O2. The van der Waals surface area contributed by atoms with E-state index >= 15 is 0 Å². The topological polar surface area (TPSA) is 76.2 Å². The Hall–Kier alpha value is -1.42. The number of aliphatic hydroxyl groups excluding tert-OH is 1. The van der Waals surface area contributed by atoms with Gasteiger partial charge in [0.15, 0.2) is 5.78 Å². The maximum atomic E-state index is 11.7. The van der Waals surface area contributed by atoms with Crippen LogP contribution in [0.25, 0.3) is 0 Å². The van der Waals surface area contributed by atoms with Crippen LogP contribution >= 0.6 is 0 Å². The minimum atomic E-state index is -0.901. The highest BCUT2D eigenvalue weighted by Gasteiger charge is 2.35. The largest absolute Gasteiger partial charge is 0.398 e. The molecule has 0 saturated heterocycles. The summed E-state index contributed by atoms with van der Waals surface area (Å²) in [5, 5.41) is 9.60. The fraction of sp³-hybridized carbons (Fsp3) is 0.400. The Bertz CT molecular complexity index is 361. The number of nitrogens with two attached hydrogens (primary N) is 1. The zero-order valence-electron chi connectivity index (χ0n) is 7.68. The van der Waals surface area contributed by atoms with Crippen LogP contribution in [0, 0.1) is 5.92 Å². The van der Waals surface area contributed by atoms with Gasteiger partial charge < -0.3 is 10.8 Å². The number of aromatic nitrogens is 1. The van der Waals surface area contributed by atoms with Crippen molar-refractivity contribution in [2.45, 2.75) is 18.9 Å². The van der Waals surface area contributed by atoms with Crippen molar-refractivity contribution >= 4 is 11.5 Å². The lowest BCUT2D eigenvalue weighted by Gasteiger charge is -2.08. The molecule has 1 heterocycles. The number of Topliss-reactive ketones (excluding diaryl/α,β-unsaturated/α-hetero) is 1. The number of nitrogens with zero attached hydrogens (tertiary/aromatic N) is 1. The minimum absolute atomic E-state index is 0.127. The van der Waals surface area contributed by atoms with Gasteiger partial charge in [0.1, 0.15) is 6.10 Å². The van der Waals surface area contributed by atoms with Crippen molar-refractivity contribution in [2.24, 2.45) is 5.92 Å². The highest BCUT2D eigenvalue weighted by molar-refractivity contribution is 6.03. The molecule has 0 bridgehead atoms. The molecule has 0 amide bonds. The van der Waals surface area contributed by atoms with E-state index < -0.39 is 6.10 Å². The number of nitrogen functional groups attached to an aromatic ring is 1. The Morgan fingerprint density at radius 3 is 2.93 bits per heavy atom. The molecule has 1 aromatic rings. The molecule has 1 unspecified atom stereocenters. The van der Waals surface area contributed by atoms with E-state index in [9.17, 15) is 9.90 Å². The summed E-state index contributed by atoms with van der Waals surface area (Å²) in [6.45, 7) is 0. The summed E-state index contributed by atoms with van der Waals surface area (Å²) in [4.78, 5) is 15.5. The summed E-state index contributed by atoms with van der Waals surface area (Å²) in [7, 11) is 0. The zero-order chi connectivity index (χ0) is 10.1. The third kappa shape index (κ3) is 1.61. The van der Waals surface area contributed by atoms with E-state index in [0.717, 1.165) is 12.8 Å². The van der Waals surface area contributed by atoms with Gasteiger partial charge in [0.2, 0.25) is 0 Å². The van der Waals surface area contributed by atoms with Crippen molar-refractivity contribution in [3.05, 3.63) is 24.0 Å². The third-order valence-electron chi connectivity index (χ3n) is 2.46. The second-order valence-electron chi connectivity index (χ2n) is 3.61. The number of hydrogen-bond donors (Lipinski definition) is 2. The first kappa shape index (κ1) is 9.15. The van der Waals surface area contributed by atoms with E-state index in [2.05, 4.69) is 4.98 Å². The lowest BCUT2D eigenvalue weighted by atomic mass is 10.0. The van der Waals surface area contributed by atoms with Gasteiger partial charge in [-0.15, -0.1) is 0 Å². The van der Waals surface area contributed by atoms with Crippen molar-refractivity contribution < 1.29 is 9.90 Å². The van der Waals surface area contributed by atoms with Gasteiger partial charge in [0.05, 0.1) is 5.56 Å². The zero-order valence-corrected chi connectivity index (χ0v) is 7.68. The Labute approximate surface area is 81.8 Å². The fourth-order valence-corrected chi connectivity index (χ4v) is 1.40. The van der Waals surface area contributed by atoms with Crippen LogP contribution in [0.3, 0.4) is 0 Å². The highest BCUT2D eigenvalue weighted by Crippen LogP contribution is 2.34. The van der Waals surface area contributed by atoms with Gasteiger partial charge in [-0.3, -0.25) is 9.78 Å². The molecule has 1 saturated carbocycles. The summed E-state index contributed by atoms with van der Waals surface area (Å²) in [5.41, 5.74) is 6.31. The van der Waals surface area contributed by atoms with Crippen molar-refractivity contribution in [3.63, 3.8) is 0 Å². The van der Waals surface area contributed by atoms with Crippen LogP contribution in [0.5, 0.6) is 0 Å². The van der Waals surface area contributed by atoms with E-state index in [1.54, 1.807) is 6.07 Å². The molecule has 1 aliphatic rings. The molecule has 4 nitrogen and oxygen atoms in total. The summed E-state index contributed by atoms with van der Waals surface area (Å²) < 4.78 is 0. The molecule has 4 heteroatoms. The first-order valence-electron chi connectivity index (χ1n) is 4.62. The van der Waals surface area contributed by atoms with E-state index in [1.807, 2.05) is 0 Å². The summed E-state index contributed by atoms with van der Waals surface area (Å²) in [6.07, 6.45) is 3.88. The van der Waals surface area contributed by atoms with E-state index in [0.29, 0.717) is 11.3 Å². The summed E-state index contributed by atoms with van der Waals surface area (Å²) in [5.74, 6) is -0.180. The molecule has 1 atom stereocenters. The normalized spacial score (nSPS) is 17.8. The number of hydrogen-bond acceptors (Lipinski definition) is 4. The SMILES string of the molecule is Nc1ccncc1C(=O)C(O)C1CC1. The van der Waals surface area contributed by atoms with E-state index in [-0.39, 0.29) is 11.7 Å². The first-order valence-corrected chi connectivity index (χ1v) is 4.62. The molecule has 0 spiro atoms. The van der Waals surface area contributed by atoms with Crippen LogP contribution in [-0.2, 0) is 0 Å². The molecule has 1 aromatic heterocycles. The van der Waals surface area contributed by atoms with Gasteiger partial charge in [-0.2, -0.15) is 0 Å². The Morgan fingerprint density at radius 1 is 1.64 bits per heavy atom. The second-order valence-corrected chi connectivity index (χ2v) is 3.61. The minimum Gasteiger partial charge on any atom is -0.398 e. The lowest BCUT2D eigenvalue weighted by molar-refractivity contribution is 0.0704. The maximum absolute atomic E-state index is 11.7. The number of pyridine rings is 1. The van der Waals surface area contributed by atoms with Gasteiger partial charge in [-0.05, 0) is 24.8 Å². The van der Waals surface area contributed by atoms with Crippen molar-refractivity contribution in [2.75, 3.05) is 5.73 Å². The average molecular weight is 192 g/mol. The van der Waals surface area contributed by atoms with Crippen molar-refractivity contribution in [3.8, 4) is 0 Å². The molecule has 14 heavy (non-hydrogen) atoms. The monoisotopic (exact) mass is 192 g/mol. The second kappa shape index (κ2) is 3.38. The van der Waals surface area contributed by atoms with Gasteiger partial charge in [-0.1, -0.05) is 0 Å². The van der Waals surface area contributed by atoms with Crippen molar-refractivity contribution in [1.82, 2.24) is 4.98 Å². The smallest absolute Gasteiger partial charge is 0.195 e. The Balaban J connectivity index is 2.21. The van der Waals surface area contributed by atoms with Crippen LogP contribution < -0.4 is 5.73 Å². The van der Waals surface area contributed by atoms with Crippen LogP contribution in [0.2, 0.25) is 0 Å². The highest BCUT2D eigenvalue weighted by atomic mass is 16.3. The molecular weight excluding hydrogens is 180 g/mol. The first-order chi connectivity index (χ1) is 6.70. The van der Waals surface area contributed by atoms with Gasteiger partial charge >= 0.3 is 0 Å². The van der Waals surface area contributed by atoms with Crippen LogP contribution in [0.1, 0.15) is 23.2 Å². The number of anilines is 1.